The molecule has 2 aromatic rings. The zero-order chi connectivity index (χ0) is 15.2. The molecule has 2 rings (SSSR count). The molecule has 0 aliphatic carbocycles. The van der Waals surface area contributed by atoms with E-state index >= 15 is 0 Å². The lowest BCUT2D eigenvalue weighted by Crippen LogP contribution is -2.31. The van der Waals surface area contributed by atoms with Gasteiger partial charge in [0.25, 0.3) is 5.91 Å². The van der Waals surface area contributed by atoms with Gasteiger partial charge in [0.15, 0.2) is 0 Å². The Bertz CT molecular complexity index is 598. The number of hydrogen-bond acceptors (Lipinski definition) is 4. The Balaban J connectivity index is 2.27. The number of nitrogens with zero attached hydrogens (tertiary/aromatic N) is 3. The van der Waals surface area contributed by atoms with E-state index in [1.807, 2.05) is 39.0 Å². The van der Waals surface area contributed by atoms with Crippen LogP contribution in [-0.4, -0.2) is 28.5 Å². The summed E-state index contributed by atoms with van der Waals surface area (Å²) in [6.07, 6.45) is 1.66. The topological polar surface area (TPSA) is 58.1 Å². The largest absolute Gasteiger partial charge is 0.352 e. The number of nitrogens with one attached hydrogen (secondary N) is 1. The molecule has 1 heterocycles. The van der Waals surface area contributed by atoms with Gasteiger partial charge in [-0.3, -0.25) is 9.69 Å². The van der Waals surface area contributed by atoms with E-state index in [0.29, 0.717) is 23.9 Å². The summed E-state index contributed by atoms with van der Waals surface area (Å²) in [4.78, 5) is 22.8. The third kappa shape index (κ3) is 3.78. The molecule has 1 aromatic carbocycles. The highest BCUT2D eigenvalue weighted by Gasteiger charge is 2.17. The van der Waals surface area contributed by atoms with Crippen molar-refractivity contribution in [3.63, 3.8) is 0 Å². The first-order chi connectivity index (χ1) is 10.1. The number of hydrogen-bond donors (Lipinski definition) is 1. The van der Waals surface area contributed by atoms with Gasteiger partial charge in [0.1, 0.15) is 5.82 Å². The van der Waals surface area contributed by atoms with Crippen LogP contribution in [0.3, 0.4) is 0 Å². The highest BCUT2D eigenvalue weighted by molar-refractivity contribution is 6.05. The van der Waals surface area contributed by atoms with Crippen LogP contribution in [0.15, 0.2) is 42.6 Å². The Morgan fingerprint density at radius 3 is 2.57 bits per heavy atom. The van der Waals surface area contributed by atoms with Crippen LogP contribution in [-0.2, 0) is 0 Å². The SMILES string of the molecule is CCN(C(=O)c1ccccc1)c1ccnc(NC(C)C)n1. The van der Waals surface area contributed by atoms with Crippen molar-refractivity contribution >= 4 is 17.7 Å². The van der Waals surface area contributed by atoms with Crippen LogP contribution in [0.4, 0.5) is 11.8 Å². The maximum atomic E-state index is 12.6. The van der Waals surface area contributed by atoms with Gasteiger partial charge in [-0.1, -0.05) is 18.2 Å². The number of amides is 1. The van der Waals surface area contributed by atoms with Gasteiger partial charge in [0, 0.05) is 24.3 Å². The quantitative estimate of drug-likeness (QED) is 0.917. The van der Waals surface area contributed by atoms with Crippen molar-refractivity contribution in [2.24, 2.45) is 0 Å². The fourth-order valence-electron chi connectivity index (χ4n) is 1.97. The van der Waals surface area contributed by atoms with Gasteiger partial charge >= 0.3 is 0 Å². The minimum atomic E-state index is -0.0627. The fraction of sp³-hybridized carbons (Fsp3) is 0.312. The van der Waals surface area contributed by atoms with Crippen LogP contribution in [0, 0.1) is 0 Å². The van der Waals surface area contributed by atoms with Crippen molar-refractivity contribution in [2.75, 3.05) is 16.8 Å². The van der Waals surface area contributed by atoms with Crippen LogP contribution >= 0.6 is 0 Å². The molecule has 1 N–H and O–H groups in total. The molecule has 5 nitrogen and oxygen atoms in total. The normalized spacial score (nSPS) is 10.5. The summed E-state index contributed by atoms with van der Waals surface area (Å²) >= 11 is 0. The van der Waals surface area contributed by atoms with E-state index < -0.39 is 0 Å². The first kappa shape index (κ1) is 15.0. The molecular weight excluding hydrogens is 264 g/mol. The number of aromatic nitrogens is 2. The number of carbonyl (C=O) groups is 1. The molecule has 0 aliphatic rings. The van der Waals surface area contributed by atoms with Gasteiger partial charge in [0.05, 0.1) is 0 Å². The van der Waals surface area contributed by atoms with E-state index in [2.05, 4.69) is 15.3 Å². The van der Waals surface area contributed by atoms with Crippen LogP contribution in [0.5, 0.6) is 0 Å². The predicted molar refractivity (Wildman–Crippen MR) is 84.6 cm³/mol. The second kappa shape index (κ2) is 6.83. The monoisotopic (exact) mass is 284 g/mol. The van der Waals surface area contributed by atoms with Gasteiger partial charge in [-0.25, -0.2) is 4.98 Å². The maximum absolute atomic E-state index is 12.6. The molecule has 0 radical (unpaired) electrons. The minimum absolute atomic E-state index is 0.0627. The highest BCUT2D eigenvalue weighted by atomic mass is 16.2. The Hall–Kier alpha value is -2.43. The van der Waals surface area contributed by atoms with E-state index in [9.17, 15) is 4.79 Å². The summed E-state index contributed by atoms with van der Waals surface area (Å²) in [7, 11) is 0. The Kier molecular flexibility index (Phi) is 4.87. The second-order valence-electron chi connectivity index (χ2n) is 4.95. The summed E-state index contributed by atoms with van der Waals surface area (Å²) in [5.41, 5.74) is 0.649. The summed E-state index contributed by atoms with van der Waals surface area (Å²) in [5, 5.41) is 3.14. The lowest BCUT2D eigenvalue weighted by Gasteiger charge is -2.20. The fourth-order valence-corrected chi connectivity index (χ4v) is 1.97. The molecule has 0 bridgehead atoms. The van der Waals surface area contributed by atoms with Crippen molar-refractivity contribution in [1.82, 2.24) is 9.97 Å². The van der Waals surface area contributed by atoms with E-state index in [4.69, 9.17) is 0 Å². The Morgan fingerprint density at radius 1 is 1.24 bits per heavy atom. The summed E-state index contributed by atoms with van der Waals surface area (Å²) in [6, 6.07) is 11.2. The summed E-state index contributed by atoms with van der Waals surface area (Å²) in [5.74, 6) is 1.07. The Labute approximate surface area is 125 Å². The molecular formula is C16H20N4O. The highest BCUT2D eigenvalue weighted by Crippen LogP contribution is 2.16. The summed E-state index contributed by atoms with van der Waals surface area (Å²) in [6.45, 7) is 6.51. The van der Waals surface area contributed by atoms with E-state index in [0.717, 1.165) is 0 Å². The zero-order valence-corrected chi connectivity index (χ0v) is 12.6. The molecule has 1 amide bonds. The van der Waals surface area contributed by atoms with Crippen molar-refractivity contribution in [1.29, 1.82) is 0 Å². The molecule has 21 heavy (non-hydrogen) atoms. The van der Waals surface area contributed by atoms with Gasteiger partial charge in [0.2, 0.25) is 5.95 Å². The number of benzene rings is 1. The average molecular weight is 284 g/mol. The van der Waals surface area contributed by atoms with Crippen molar-refractivity contribution in [3.8, 4) is 0 Å². The molecule has 5 heteroatoms. The Morgan fingerprint density at radius 2 is 1.95 bits per heavy atom. The van der Waals surface area contributed by atoms with Crippen molar-refractivity contribution < 1.29 is 4.79 Å². The first-order valence-electron chi connectivity index (χ1n) is 7.08. The molecule has 0 saturated carbocycles. The minimum Gasteiger partial charge on any atom is -0.352 e. The molecule has 0 atom stereocenters. The standard InChI is InChI=1S/C16H20N4O/c1-4-20(15(21)13-8-6-5-7-9-13)14-10-11-17-16(19-14)18-12(2)3/h5-12H,4H2,1-3H3,(H,17,18,19). The second-order valence-corrected chi connectivity index (χ2v) is 4.95. The number of anilines is 2. The van der Waals surface area contributed by atoms with Gasteiger partial charge in [-0.15, -0.1) is 0 Å². The number of rotatable bonds is 5. The third-order valence-electron chi connectivity index (χ3n) is 2.92. The first-order valence-corrected chi connectivity index (χ1v) is 7.08. The molecule has 0 saturated heterocycles. The maximum Gasteiger partial charge on any atom is 0.259 e. The van der Waals surface area contributed by atoms with Crippen LogP contribution in [0.25, 0.3) is 0 Å². The third-order valence-corrected chi connectivity index (χ3v) is 2.92. The van der Waals surface area contributed by atoms with Crippen LogP contribution < -0.4 is 10.2 Å². The predicted octanol–water partition coefficient (Wildman–Crippen LogP) is 2.96. The van der Waals surface area contributed by atoms with E-state index in [-0.39, 0.29) is 11.9 Å². The zero-order valence-electron chi connectivity index (χ0n) is 12.6. The van der Waals surface area contributed by atoms with Crippen molar-refractivity contribution in [2.45, 2.75) is 26.8 Å². The van der Waals surface area contributed by atoms with E-state index in [1.165, 1.54) is 0 Å². The molecule has 0 aliphatic heterocycles. The molecule has 0 fully saturated rings. The molecule has 1 aromatic heterocycles. The van der Waals surface area contributed by atoms with Gasteiger partial charge < -0.3 is 5.32 Å². The smallest absolute Gasteiger partial charge is 0.259 e. The molecule has 0 spiro atoms. The van der Waals surface area contributed by atoms with Crippen molar-refractivity contribution in [3.05, 3.63) is 48.2 Å². The van der Waals surface area contributed by atoms with Gasteiger partial charge in [-0.05, 0) is 39.0 Å². The lowest BCUT2D eigenvalue weighted by atomic mass is 10.2. The summed E-state index contributed by atoms with van der Waals surface area (Å²) < 4.78 is 0. The van der Waals surface area contributed by atoms with Gasteiger partial charge in [-0.2, -0.15) is 4.98 Å². The molecule has 0 unspecified atom stereocenters. The molecule has 110 valence electrons. The van der Waals surface area contributed by atoms with Crippen LogP contribution in [0.1, 0.15) is 31.1 Å². The number of carbonyl (C=O) groups excluding carboxylic acids is 1. The van der Waals surface area contributed by atoms with E-state index in [1.54, 1.807) is 29.3 Å². The average Bonchev–Trinajstić information content (AvgIpc) is 2.48. The lowest BCUT2D eigenvalue weighted by molar-refractivity contribution is 0.0987. The van der Waals surface area contributed by atoms with Crippen LogP contribution in [0.2, 0.25) is 0 Å².